The van der Waals surface area contributed by atoms with Gasteiger partial charge in [-0.2, -0.15) is 18.2 Å². The van der Waals surface area contributed by atoms with E-state index >= 15 is 0 Å². The topological polar surface area (TPSA) is 71.5 Å². The number of anilines is 1. The number of aliphatic carboxylic acids is 1. The molecule has 0 amide bonds. The number of fused-ring (bicyclic) bond motifs is 4. The van der Waals surface area contributed by atoms with Crippen molar-refractivity contribution in [2.45, 2.75) is 38.0 Å². The van der Waals surface area contributed by atoms with Crippen LogP contribution in [0.15, 0.2) is 40.8 Å². The first-order valence-corrected chi connectivity index (χ1v) is 10.3. The van der Waals surface area contributed by atoms with Gasteiger partial charge in [-0.15, -0.1) is 0 Å². The first-order chi connectivity index (χ1) is 15.6. The molecule has 33 heavy (non-hydrogen) atoms. The summed E-state index contributed by atoms with van der Waals surface area (Å²) < 4.78 is 61.1. The number of rotatable bonds is 4. The fourth-order valence-electron chi connectivity index (χ4n) is 4.61. The molecule has 3 heterocycles. The molecule has 5 rings (SSSR count). The number of carboxylic acid groups (broad SMARTS) is 1. The third-order valence-corrected chi connectivity index (χ3v) is 6.24. The molecule has 1 N–H and O–H groups in total. The molecule has 0 fully saturated rings. The summed E-state index contributed by atoms with van der Waals surface area (Å²) in [6, 6.07) is 7.57. The minimum Gasteiger partial charge on any atom is -0.481 e. The van der Waals surface area contributed by atoms with Gasteiger partial charge in [0.1, 0.15) is 11.3 Å². The first kappa shape index (κ1) is 21.3. The number of hydrogen-bond acceptors (Lipinski definition) is 4. The number of nitrogens with zero attached hydrogens (tertiary/aromatic N) is 3. The molecular weight excluding hydrogens is 442 g/mol. The number of hydrogen-bond donors (Lipinski definition) is 1. The molecule has 2 aromatic carbocycles. The Balaban J connectivity index is 1.55. The molecule has 0 radical (unpaired) electrons. The van der Waals surface area contributed by atoms with Crippen molar-refractivity contribution in [2.24, 2.45) is 0 Å². The summed E-state index contributed by atoms with van der Waals surface area (Å²) in [5.74, 6) is -1.47. The van der Waals surface area contributed by atoms with Gasteiger partial charge in [0.15, 0.2) is 5.58 Å². The Labute approximate surface area is 185 Å². The number of alkyl halides is 3. The van der Waals surface area contributed by atoms with Crippen molar-refractivity contribution in [1.29, 1.82) is 0 Å². The molecule has 0 saturated heterocycles. The quantitative estimate of drug-likeness (QED) is 0.432. The van der Waals surface area contributed by atoms with Crippen molar-refractivity contribution in [3.05, 3.63) is 59.0 Å². The van der Waals surface area contributed by atoms with Crippen LogP contribution in [0.25, 0.3) is 22.0 Å². The van der Waals surface area contributed by atoms with Gasteiger partial charge in [-0.1, -0.05) is 6.07 Å². The van der Waals surface area contributed by atoms with Crippen molar-refractivity contribution >= 4 is 34.0 Å². The van der Waals surface area contributed by atoms with Crippen LogP contribution < -0.4 is 4.90 Å². The lowest BCUT2D eigenvalue weighted by molar-refractivity contribution is -0.138. The Kier molecular flexibility index (Phi) is 4.84. The van der Waals surface area contributed by atoms with Gasteiger partial charge in [0.2, 0.25) is 0 Å². The Morgan fingerprint density at radius 2 is 2.06 bits per heavy atom. The van der Waals surface area contributed by atoms with Gasteiger partial charge in [-0.3, -0.25) is 4.79 Å². The van der Waals surface area contributed by atoms with E-state index in [2.05, 4.69) is 4.98 Å². The van der Waals surface area contributed by atoms with Crippen LogP contribution in [-0.4, -0.2) is 33.7 Å². The average molecular weight is 461 g/mol. The maximum Gasteiger partial charge on any atom is 0.416 e. The van der Waals surface area contributed by atoms with Gasteiger partial charge in [-0.05, 0) is 42.7 Å². The lowest BCUT2D eigenvalue weighted by Crippen LogP contribution is -2.39. The van der Waals surface area contributed by atoms with E-state index < -0.39 is 23.5 Å². The highest BCUT2D eigenvalue weighted by Crippen LogP contribution is 2.37. The number of likely N-dealkylation sites (N-methyl/N-ethyl adjacent to an activating group) is 1. The van der Waals surface area contributed by atoms with Crippen molar-refractivity contribution in [2.75, 3.05) is 11.9 Å². The van der Waals surface area contributed by atoms with Gasteiger partial charge in [0, 0.05) is 36.3 Å². The molecule has 0 aliphatic carbocycles. The van der Waals surface area contributed by atoms with Gasteiger partial charge >= 0.3 is 12.1 Å². The molecule has 2 aromatic heterocycles. The predicted octanol–water partition coefficient (Wildman–Crippen LogP) is 5.02. The summed E-state index contributed by atoms with van der Waals surface area (Å²) in [5.41, 5.74) is 1.65. The van der Waals surface area contributed by atoms with Crippen LogP contribution in [0.2, 0.25) is 0 Å². The van der Waals surface area contributed by atoms with E-state index in [1.807, 2.05) is 0 Å². The number of oxazole rings is 1. The number of carbonyl (C=O) groups is 1. The predicted molar refractivity (Wildman–Crippen MR) is 113 cm³/mol. The van der Waals surface area contributed by atoms with Gasteiger partial charge < -0.3 is 19.0 Å². The lowest BCUT2D eigenvalue weighted by atomic mass is 9.99. The van der Waals surface area contributed by atoms with E-state index in [1.165, 1.54) is 24.3 Å². The summed E-state index contributed by atoms with van der Waals surface area (Å²) in [6.45, 7) is 0.330. The lowest BCUT2D eigenvalue weighted by Gasteiger charge is -2.32. The number of carboxylic acids is 1. The third-order valence-electron chi connectivity index (χ3n) is 6.24. The molecule has 6 nitrogen and oxygen atoms in total. The highest BCUT2D eigenvalue weighted by Gasteiger charge is 2.33. The highest BCUT2D eigenvalue weighted by atomic mass is 19.4. The maximum atomic E-state index is 13.5. The minimum atomic E-state index is -4.51. The molecule has 1 aliphatic heterocycles. The van der Waals surface area contributed by atoms with Crippen molar-refractivity contribution in [1.82, 2.24) is 9.55 Å². The van der Waals surface area contributed by atoms with Crippen molar-refractivity contribution in [3.63, 3.8) is 0 Å². The molecule has 0 saturated carbocycles. The third kappa shape index (κ3) is 3.69. The van der Waals surface area contributed by atoms with Crippen LogP contribution in [0.3, 0.4) is 0 Å². The largest absolute Gasteiger partial charge is 0.481 e. The standard InChI is InChI=1S/C23H19F4N3O3/c1-29(22-28-17-9-13(24)3-7-20(17)33-22)14-4-6-18-16(10-21(31)32)15-5-2-12(23(25,26)27)8-19(15)30(18)11-14/h2-3,5,7-9,14H,4,6,10-11H2,1H3,(H,31,32). The summed E-state index contributed by atoms with van der Waals surface area (Å²) >= 11 is 0. The zero-order valence-electron chi connectivity index (χ0n) is 17.5. The van der Waals surface area contributed by atoms with E-state index in [9.17, 15) is 27.5 Å². The van der Waals surface area contributed by atoms with Crippen LogP contribution in [0.5, 0.6) is 0 Å². The molecule has 1 unspecified atom stereocenters. The first-order valence-electron chi connectivity index (χ1n) is 10.3. The number of benzene rings is 2. The van der Waals surface area contributed by atoms with Crippen molar-refractivity contribution in [3.8, 4) is 0 Å². The average Bonchev–Trinajstić information content (AvgIpc) is 3.31. The molecular formula is C23H19F4N3O3. The Morgan fingerprint density at radius 3 is 2.79 bits per heavy atom. The van der Waals surface area contributed by atoms with E-state index in [4.69, 9.17) is 4.42 Å². The van der Waals surface area contributed by atoms with Crippen molar-refractivity contribution < 1.29 is 31.9 Å². The molecule has 0 spiro atoms. The second-order valence-corrected chi connectivity index (χ2v) is 8.25. The van der Waals surface area contributed by atoms with Crippen LogP contribution in [0.1, 0.15) is 23.2 Å². The SMILES string of the molecule is CN(c1nc2cc(F)ccc2o1)C1CCc2c(CC(=O)O)c3ccc(C(F)(F)F)cc3n2C1. The van der Waals surface area contributed by atoms with E-state index in [0.717, 1.165) is 17.8 Å². The van der Waals surface area contributed by atoms with Gasteiger partial charge in [0.05, 0.1) is 18.0 Å². The molecule has 4 aromatic rings. The van der Waals surface area contributed by atoms with E-state index in [1.54, 1.807) is 16.5 Å². The fourth-order valence-corrected chi connectivity index (χ4v) is 4.61. The number of halogens is 4. The summed E-state index contributed by atoms with van der Waals surface area (Å²) in [5, 5.41) is 9.88. The van der Waals surface area contributed by atoms with Crippen LogP contribution in [0, 0.1) is 5.82 Å². The normalized spacial score (nSPS) is 16.3. The molecule has 10 heteroatoms. The molecule has 0 bridgehead atoms. The van der Waals surface area contributed by atoms with E-state index in [0.29, 0.717) is 47.0 Å². The summed E-state index contributed by atoms with van der Waals surface area (Å²) in [7, 11) is 1.77. The second-order valence-electron chi connectivity index (χ2n) is 8.25. The Morgan fingerprint density at radius 1 is 1.27 bits per heavy atom. The minimum absolute atomic E-state index is 0.168. The van der Waals surface area contributed by atoms with Crippen LogP contribution >= 0.6 is 0 Å². The molecule has 1 atom stereocenters. The van der Waals surface area contributed by atoms with Crippen LogP contribution in [-0.2, 0) is 30.4 Å². The second kappa shape index (κ2) is 7.50. The highest BCUT2D eigenvalue weighted by molar-refractivity contribution is 5.90. The summed E-state index contributed by atoms with van der Waals surface area (Å²) in [6.07, 6.45) is -3.66. The van der Waals surface area contributed by atoms with Gasteiger partial charge in [-0.25, -0.2) is 4.39 Å². The Hall–Kier alpha value is -3.56. The van der Waals surface area contributed by atoms with E-state index in [-0.39, 0.29) is 18.5 Å². The van der Waals surface area contributed by atoms with Crippen LogP contribution in [0.4, 0.5) is 23.6 Å². The zero-order chi connectivity index (χ0) is 23.5. The maximum absolute atomic E-state index is 13.5. The smallest absolute Gasteiger partial charge is 0.416 e. The molecule has 172 valence electrons. The fraction of sp³-hybridized carbons (Fsp3) is 0.304. The molecule has 1 aliphatic rings. The monoisotopic (exact) mass is 461 g/mol. The number of aromatic nitrogens is 2. The summed E-state index contributed by atoms with van der Waals surface area (Å²) in [4.78, 5) is 17.6. The zero-order valence-corrected chi connectivity index (χ0v) is 17.5. The van der Waals surface area contributed by atoms with Gasteiger partial charge in [0.25, 0.3) is 6.01 Å². The Bertz CT molecular complexity index is 1390.